The minimum Gasteiger partial charge on any atom is -0.368 e. The Balaban J connectivity index is 1.85. The maximum absolute atomic E-state index is 6.03. The zero-order chi connectivity index (χ0) is 15.1. The van der Waals surface area contributed by atoms with E-state index in [4.69, 9.17) is 11.5 Å². The number of rotatable bonds is 2. The monoisotopic (exact) mass is 311 g/mol. The number of aromatic nitrogens is 2. The predicted molar refractivity (Wildman–Crippen MR) is 92.1 cm³/mol. The van der Waals surface area contributed by atoms with Gasteiger partial charge in [0.25, 0.3) is 0 Å². The average Bonchev–Trinajstić information content (AvgIpc) is 3.13. The van der Waals surface area contributed by atoms with Gasteiger partial charge in [0, 0.05) is 24.0 Å². The number of benzene rings is 1. The van der Waals surface area contributed by atoms with Crippen molar-refractivity contribution in [2.24, 2.45) is 5.73 Å². The lowest BCUT2D eigenvalue weighted by Crippen LogP contribution is -2.27. The van der Waals surface area contributed by atoms with E-state index in [0.29, 0.717) is 5.95 Å². The van der Waals surface area contributed by atoms with Crippen molar-refractivity contribution < 1.29 is 0 Å². The van der Waals surface area contributed by atoms with Crippen molar-refractivity contribution in [3.63, 3.8) is 0 Å². The van der Waals surface area contributed by atoms with Crippen molar-refractivity contribution >= 4 is 33.3 Å². The van der Waals surface area contributed by atoms with E-state index in [1.807, 2.05) is 18.2 Å². The van der Waals surface area contributed by atoms with E-state index in [9.17, 15) is 0 Å². The van der Waals surface area contributed by atoms with Crippen LogP contribution < -0.4 is 16.4 Å². The molecule has 6 heteroatoms. The molecule has 1 atom stereocenters. The van der Waals surface area contributed by atoms with Crippen LogP contribution >= 0.6 is 11.3 Å². The first-order valence-corrected chi connectivity index (χ1v) is 8.15. The molecule has 0 aliphatic carbocycles. The molecule has 0 unspecified atom stereocenters. The van der Waals surface area contributed by atoms with Crippen LogP contribution in [0.1, 0.15) is 6.42 Å². The van der Waals surface area contributed by atoms with Crippen LogP contribution in [0.2, 0.25) is 0 Å². The molecule has 3 heterocycles. The van der Waals surface area contributed by atoms with Gasteiger partial charge < -0.3 is 16.4 Å². The minimum atomic E-state index is 0.207. The van der Waals surface area contributed by atoms with Crippen LogP contribution in [0.15, 0.2) is 36.4 Å². The molecule has 2 aromatic heterocycles. The van der Waals surface area contributed by atoms with Crippen molar-refractivity contribution in [3.05, 3.63) is 36.4 Å². The average molecular weight is 311 g/mol. The summed E-state index contributed by atoms with van der Waals surface area (Å²) in [6.45, 7) is 1.74. The summed E-state index contributed by atoms with van der Waals surface area (Å²) in [6.07, 6.45) is 0.987. The molecule has 1 aliphatic rings. The zero-order valence-corrected chi connectivity index (χ0v) is 12.9. The van der Waals surface area contributed by atoms with E-state index in [1.54, 1.807) is 11.3 Å². The number of thiophene rings is 1. The highest BCUT2D eigenvalue weighted by Crippen LogP contribution is 2.37. The van der Waals surface area contributed by atoms with Crippen molar-refractivity contribution in [1.82, 2.24) is 9.97 Å². The summed E-state index contributed by atoms with van der Waals surface area (Å²) in [5, 5.41) is 1.06. The molecule has 0 spiro atoms. The Labute approximate surface area is 132 Å². The number of nitrogen functional groups attached to an aromatic ring is 1. The summed E-state index contributed by atoms with van der Waals surface area (Å²) in [7, 11) is 0. The topological polar surface area (TPSA) is 81.1 Å². The first-order chi connectivity index (χ1) is 10.7. The Morgan fingerprint density at radius 3 is 2.73 bits per heavy atom. The Bertz CT molecular complexity index is 814. The maximum atomic E-state index is 6.03. The summed E-state index contributed by atoms with van der Waals surface area (Å²) >= 11 is 1.65. The highest BCUT2D eigenvalue weighted by molar-refractivity contribution is 7.21. The van der Waals surface area contributed by atoms with E-state index in [1.165, 1.54) is 10.4 Å². The molecular weight excluding hydrogens is 294 g/mol. The molecule has 1 fully saturated rings. The minimum absolute atomic E-state index is 0.207. The fourth-order valence-electron chi connectivity index (χ4n) is 2.89. The molecule has 4 N–H and O–H groups in total. The van der Waals surface area contributed by atoms with Gasteiger partial charge in [0.2, 0.25) is 5.95 Å². The third-order valence-electron chi connectivity index (χ3n) is 3.97. The predicted octanol–water partition coefficient (Wildman–Crippen LogP) is 2.48. The van der Waals surface area contributed by atoms with Gasteiger partial charge in [0.15, 0.2) is 0 Å². The van der Waals surface area contributed by atoms with Gasteiger partial charge in [-0.25, -0.2) is 4.98 Å². The molecular formula is C16H17N5S. The van der Waals surface area contributed by atoms with Crippen molar-refractivity contribution in [1.29, 1.82) is 0 Å². The first kappa shape index (κ1) is 13.5. The number of nitrogens with two attached hydrogens (primary N) is 2. The Hall–Kier alpha value is -2.18. The molecule has 4 rings (SSSR count). The van der Waals surface area contributed by atoms with E-state index >= 15 is 0 Å². The molecule has 5 nitrogen and oxygen atoms in total. The van der Waals surface area contributed by atoms with Crippen LogP contribution in [0.4, 0.5) is 11.8 Å². The molecule has 0 saturated carbocycles. The second-order valence-electron chi connectivity index (χ2n) is 5.60. The zero-order valence-electron chi connectivity index (χ0n) is 12.1. The molecule has 0 bridgehead atoms. The summed E-state index contributed by atoms with van der Waals surface area (Å²) in [6, 6.07) is 12.7. The maximum Gasteiger partial charge on any atom is 0.223 e. The van der Waals surface area contributed by atoms with Crippen molar-refractivity contribution in [3.8, 4) is 10.4 Å². The van der Waals surface area contributed by atoms with Crippen LogP contribution in [0.3, 0.4) is 0 Å². The van der Waals surface area contributed by atoms with Crippen molar-refractivity contribution in [2.45, 2.75) is 12.5 Å². The highest BCUT2D eigenvalue weighted by atomic mass is 32.1. The highest BCUT2D eigenvalue weighted by Gasteiger charge is 2.23. The normalized spacial score (nSPS) is 18.2. The van der Waals surface area contributed by atoms with Gasteiger partial charge >= 0.3 is 0 Å². The molecule has 1 saturated heterocycles. The largest absolute Gasteiger partial charge is 0.368 e. The Kier molecular flexibility index (Phi) is 3.20. The van der Waals surface area contributed by atoms with Crippen LogP contribution in [0, 0.1) is 0 Å². The number of fused-ring (bicyclic) bond motifs is 1. The van der Waals surface area contributed by atoms with Gasteiger partial charge in [-0.05, 0) is 18.1 Å². The standard InChI is InChI=1S/C16H17N5S/c17-11-6-7-21(9-11)14-12-8-13(10-4-2-1-3-5-10)22-15(12)20-16(18)19-14/h1-5,8,11H,6-7,9,17H2,(H2,18,19,20)/t11-/m1/s1. The molecule has 112 valence electrons. The number of hydrogen-bond donors (Lipinski definition) is 2. The second-order valence-corrected chi connectivity index (χ2v) is 6.63. The molecule has 0 amide bonds. The van der Waals surface area contributed by atoms with E-state index in [2.05, 4.69) is 33.1 Å². The number of hydrogen-bond acceptors (Lipinski definition) is 6. The van der Waals surface area contributed by atoms with E-state index in [0.717, 1.165) is 35.5 Å². The SMILES string of the molecule is Nc1nc(N2CC[C@@H](N)C2)c2cc(-c3ccccc3)sc2n1. The lowest BCUT2D eigenvalue weighted by molar-refractivity contribution is 0.751. The fourth-order valence-corrected chi connectivity index (χ4v) is 3.93. The summed E-state index contributed by atoms with van der Waals surface area (Å²) in [5.74, 6) is 1.23. The third-order valence-corrected chi connectivity index (χ3v) is 5.05. The molecule has 22 heavy (non-hydrogen) atoms. The van der Waals surface area contributed by atoms with Gasteiger partial charge in [0.1, 0.15) is 10.6 Å². The van der Waals surface area contributed by atoms with Gasteiger partial charge in [-0.1, -0.05) is 30.3 Å². The van der Waals surface area contributed by atoms with E-state index < -0.39 is 0 Å². The third kappa shape index (κ3) is 2.30. The van der Waals surface area contributed by atoms with E-state index in [-0.39, 0.29) is 6.04 Å². The van der Waals surface area contributed by atoms with Crippen molar-refractivity contribution in [2.75, 3.05) is 23.7 Å². The summed E-state index contributed by atoms with van der Waals surface area (Å²) in [4.78, 5) is 13.2. The molecule has 0 radical (unpaired) electrons. The second kappa shape index (κ2) is 5.23. The lowest BCUT2D eigenvalue weighted by atomic mass is 10.2. The van der Waals surface area contributed by atoms with Gasteiger partial charge in [-0.15, -0.1) is 11.3 Å². The quantitative estimate of drug-likeness (QED) is 0.760. The fraction of sp³-hybridized carbons (Fsp3) is 0.250. The Morgan fingerprint density at radius 2 is 2.00 bits per heavy atom. The lowest BCUT2D eigenvalue weighted by Gasteiger charge is -2.17. The van der Waals surface area contributed by atoms with Gasteiger partial charge in [0.05, 0.1) is 5.39 Å². The molecule has 1 aromatic carbocycles. The number of nitrogens with zero attached hydrogens (tertiary/aromatic N) is 3. The number of anilines is 2. The van der Waals surface area contributed by atoms with Gasteiger partial charge in [-0.2, -0.15) is 4.98 Å². The smallest absolute Gasteiger partial charge is 0.223 e. The molecule has 3 aromatic rings. The van der Waals surface area contributed by atoms with Crippen LogP contribution in [0.5, 0.6) is 0 Å². The van der Waals surface area contributed by atoms with Crippen LogP contribution in [-0.2, 0) is 0 Å². The van der Waals surface area contributed by atoms with Gasteiger partial charge in [-0.3, -0.25) is 0 Å². The van der Waals surface area contributed by atoms with Crippen LogP contribution in [0.25, 0.3) is 20.7 Å². The first-order valence-electron chi connectivity index (χ1n) is 7.34. The Morgan fingerprint density at radius 1 is 1.18 bits per heavy atom. The molecule has 1 aliphatic heterocycles. The summed E-state index contributed by atoms with van der Waals surface area (Å²) in [5.41, 5.74) is 13.1. The summed E-state index contributed by atoms with van der Waals surface area (Å²) < 4.78 is 0. The van der Waals surface area contributed by atoms with Crippen LogP contribution in [-0.4, -0.2) is 29.1 Å².